The maximum atomic E-state index is 4.27. The average molecular weight is 131 g/mol. The second-order valence-corrected chi connectivity index (χ2v) is 2.48. The molecule has 1 heteroatoms. The molecule has 1 nitrogen and oxygen atoms in total. The van der Waals surface area contributed by atoms with Crippen LogP contribution in [0.4, 0.5) is 0 Å². The third-order valence-electron chi connectivity index (χ3n) is 1.79. The minimum absolute atomic E-state index is 1.16. The van der Waals surface area contributed by atoms with Crippen molar-refractivity contribution in [2.24, 2.45) is 4.99 Å². The topological polar surface area (TPSA) is 12.4 Å². The summed E-state index contributed by atoms with van der Waals surface area (Å²) in [6.07, 6.45) is 12.5. The van der Waals surface area contributed by atoms with Crippen LogP contribution >= 0.6 is 0 Å². The first-order valence-electron chi connectivity index (χ1n) is 3.57. The van der Waals surface area contributed by atoms with E-state index in [4.69, 9.17) is 0 Å². The highest BCUT2D eigenvalue weighted by atomic mass is 14.7. The van der Waals surface area contributed by atoms with E-state index >= 15 is 0 Å². The molecule has 0 aromatic heterocycles. The van der Waals surface area contributed by atoms with Gasteiger partial charge in [0.25, 0.3) is 0 Å². The number of fused-ring (bicyclic) bond motifs is 1. The molecule has 0 bridgehead atoms. The third-order valence-corrected chi connectivity index (χ3v) is 1.79. The summed E-state index contributed by atoms with van der Waals surface area (Å²) in [5, 5.41) is 0. The van der Waals surface area contributed by atoms with Crippen molar-refractivity contribution in [2.45, 2.75) is 12.8 Å². The van der Waals surface area contributed by atoms with Crippen molar-refractivity contribution in [3.05, 3.63) is 35.6 Å². The number of hydrogen-bond donors (Lipinski definition) is 0. The van der Waals surface area contributed by atoms with Crippen LogP contribution in [0.15, 0.2) is 40.6 Å². The standard InChI is InChI=1S/C9H9N/c1-2-7-10-9-6-3-5-8(9)4-1/h1-2,4,6-7H,3,5H2. The largest absolute Gasteiger partial charge is 0.257 e. The zero-order valence-corrected chi connectivity index (χ0v) is 5.75. The van der Waals surface area contributed by atoms with Crippen molar-refractivity contribution in [1.29, 1.82) is 0 Å². The summed E-state index contributed by atoms with van der Waals surface area (Å²) in [4.78, 5) is 4.27. The van der Waals surface area contributed by atoms with Crippen molar-refractivity contribution < 1.29 is 0 Å². The molecule has 1 aliphatic carbocycles. The fourth-order valence-electron chi connectivity index (χ4n) is 1.27. The molecule has 1 aliphatic heterocycles. The van der Waals surface area contributed by atoms with Crippen LogP contribution < -0.4 is 0 Å². The number of hydrogen-bond acceptors (Lipinski definition) is 1. The van der Waals surface area contributed by atoms with E-state index in [2.05, 4.69) is 17.1 Å². The maximum absolute atomic E-state index is 4.27. The van der Waals surface area contributed by atoms with Gasteiger partial charge < -0.3 is 0 Å². The van der Waals surface area contributed by atoms with E-state index in [1.54, 1.807) is 0 Å². The van der Waals surface area contributed by atoms with Crippen LogP contribution in [0, 0.1) is 0 Å². The summed E-state index contributed by atoms with van der Waals surface area (Å²) in [7, 11) is 0. The maximum Gasteiger partial charge on any atom is 0.0621 e. The quantitative estimate of drug-likeness (QED) is 0.478. The summed E-state index contributed by atoms with van der Waals surface area (Å²) >= 11 is 0. The first kappa shape index (κ1) is 5.66. The Balaban J connectivity index is 2.42. The Morgan fingerprint density at radius 1 is 1.30 bits per heavy atom. The molecule has 2 aliphatic rings. The molecule has 1 heterocycles. The van der Waals surface area contributed by atoms with Crippen molar-refractivity contribution in [3.8, 4) is 0 Å². The molecule has 0 spiro atoms. The van der Waals surface area contributed by atoms with E-state index in [0.717, 1.165) is 12.8 Å². The normalized spacial score (nSPS) is 21.6. The van der Waals surface area contributed by atoms with Crippen LogP contribution in [0.25, 0.3) is 0 Å². The highest BCUT2D eigenvalue weighted by Crippen LogP contribution is 2.26. The van der Waals surface area contributed by atoms with Gasteiger partial charge in [-0.1, -0.05) is 18.2 Å². The van der Waals surface area contributed by atoms with Crippen molar-refractivity contribution in [3.63, 3.8) is 0 Å². The number of nitrogens with zero attached hydrogens (tertiary/aromatic N) is 1. The SMILES string of the molecule is C1=CC=C2CCC=C2N=C1. The van der Waals surface area contributed by atoms with E-state index in [1.165, 1.54) is 11.3 Å². The van der Waals surface area contributed by atoms with Crippen molar-refractivity contribution in [2.75, 3.05) is 0 Å². The highest BCUT2D eigenvalue weighted by Gasteiger charge is 2.08. The lowest BCUT2D eigenvalue weighted by Gasteiger charge is -1.93. The van der Waals surface area contributed by atoms with Gasteiger partial charge in [0, 0.05) is 6.21 Å². The Labute approximate surface area is 60.5 Å². The lowest BCUT2D eigenvalue weighted by atomic mass is 10.2. The molecular weight excluding hydrogens is 122 g/mol. The molecule has 0 aromatic rings. The van der Waals surface area contributed by atoms with E-state index in [-0.39, 0.29) is 0 Å². The number of aliphatic imine (C=N–C) groups is 1. The van der Waals surface area contributed by atoms with Gasteiger partial charge in [-0.2, -0.15) is 0 Å². The van der Waals surface area contributed by atoms with Gasteiger partial charge >= 0.3 is 0 Å². The molecule has 0 aromatic carbocycles. The fourth-order valence-corrected chi connectivity index (χ4v) is 1.27. The van der Waals surface area contributed by atoms with E-state index < -0.39 is 0 Å². The smallest absolute Gasteiger partial charge is 0.0621 e. The van der Waals surface area contributed by atoms with Gasteiger partial charge in [-0.05, 0) is 24.5 Å². The Kier molecular flexibility index (Phi) is 1.28. The van der Waals surface area contributed by atoms with Gasteiger partial charge in [-0.3, -0.25) is 4.99 Å². The first-order chi connectivity index (χ1) is 4.97. The van der Waals surface area contributed by atoms with Crippen molar-refractivity contribution in [1.82, 2.24) is 0 Å². The summed E-state index contributed by atoms with van der Waals surface area (Å²) in [5.41, 5.74) is 2.55. The van der Waals surface area contributed by atoms with Crippen LogP contribution in [0.1, 0.15) is 12.8 Å². The first-order valence-corrected chi connectivity index (χ1v) is 3.57. The molecule has 0 unspecified atom stereocenters. The predicted molar refractivity (Wildman–Crippen MR) is 43.0 cm³/mol. The molecule has 0 atom stereocenters. The van der Waals surface area contributed by atoms with Gasteiger partial charge in [-0.25, -0.2) is 0 Å². The zero-order valence-electron chi connectivity index (χ0n) is 5.75. The molecule has 0 N–H and O–H groups in total. The van der Waals surface area contributed by atoms with Gasteiger partial charge in [0.15, 0.2) is 0 Å². The monoisotopic (exact) mass is 131 g/mol. The van der Waals surface area contributed by atoms with Crippen LogP contribution in [0.5, 0.6) is 0 Å². The molecule has 0 radical (unpaired) electrons. The molecule has 0 saturated heterocycles. The molecular formula is C9H9N. The molecule has 2 rings (SSSR count). The minimum Gasteiger partial charge on any atom is -0.257 e. The minimum atomic E-state index is 1.16. The van der Waals surface area contributed by atoms with E-state index in [0.29, 0.717) is 0 Å². The highest BCUT2D eigenvalue weighted by molar-refractivity contribution is 5.74. The molecule has 0 saturated carbocycles. The summed E-state index contributed by atoms with van der Waals surface area (Å²) in [6, 6.07) is 0. The summed E-state index contributed by atoms with van der Waals surface area (Å²) in [6.45, 7) is 0. The van der Waals surface area contributed by atoms with E-state index in [1.807, 2.05) is 18.4 Å². The zero-order chi connectivity index (χ0) is 6.81. The number of allylic oxidation sites excluding steroid dienone is 5. The molecule has 10 heavy (non-hydrogen) atoms. The van der Waals surface area contributed by atoms with Crippen LogP contribution in [0.3, 0.4) is 0 Å². The Bertz CT molecular complexity index is 254. The molecule has 0 fully saturated rings. The third kappa shape index (κ3) is 0.838. The van der Waals surface area contributed by atoms with E-state index in [9.17, 15) is 0 Å². The van der Waals surface area contributed by atoms with Crippen LogP contribution in [-0.2, 0) is 0 Å². The van der Waals surface area contributed by atoms with Gasteiger partial charge in [0.05, 0.1) is 5.70 Å². The van der Waals surface area contributed by atoms with Gasteiger partial charge in [-0.15, -0.1) is 0 Å². The van der Waals surface area contributed by atoms with Crippen LogP contribution in [-0.4, -0.2) is 6.21 Å². The predicted octanol–water partition coefficient (Wildman–Crippen LogP) is 2.23. The Morgan fingerprint density at radius 2 is 2.30 bits per heavy atom. The van der Waals surface area contributed by atoms with Gasteiger partial charge in [0.2, 0.25) is 0 Å². The molecule has 0 amide bonds. The lowest BCUT2D eigenvalue weighted by molar-refractivity contribution is 1.06. The van der Waals surface area contributed by atoms with Crippen molar-refractivity contribution >= 4 is 6.21 Å². The summed E-state index contributed by atoms with van der Waals surface area (Å²) < 4.78 is 0. The number of rotatable bonds is 0. The molecule has 50 valence electrons. The van der Waals surface area contributed by atoms with Gasteiger partial charge in [0.1, 0.15) is 0 Å². The van der Waals surface area contributed by atoms with Crippen LogP contribution in [0.2, 0.25) is 0 Å². The second kappa shape index (κ2) is 2.25. The Hall–Kier alpha value is -1.11. The summed E-state index contributed by atoms with van der Waals surface area (Å²) in [5.74, 6) is 0. The lowest BCUT2D eigenvalue weighted by Crippen LogP contribution is -1.75. The second-order valence-electron chi connectivity index (χ2n) is 2.48. The Morgan fingerprint density at radius 3 is 3.30 bits per heavy atom. The average Bonchev–Trinajstić information content (AvgIpc) is 2.28. The fraction of sp³-hybridized carbons (Fsp3) is 0.222.